The van der Waals surface area contributed by atoms with E-state index in [2.05, 4.69) is 10.6 Å². The minimum absolute atomic E-state index is 0.134. The molecule has 0 unspecified atom stereocenters. The first-order valence-electron chi connectivity index (χ1n) is 5.67. The number of amides is 1. The van der Waals surface area contributed by atoms with Crippen molar-refractivity contribution in [1.29, 1.82) is 0 Å². The monoisotopic (exact) mass is 242 g/mol. The summed E-state index contributed by atoms with van der Waals surface area (Å²) in [6, 6.07) is 0. The van der Waals surface area contributed by atoms with Crippen LogP contribution < -0.4 is 10.6 Å². The standard InChI is InChI=1S/C11H18N2O2S/c14-8-6-4-2-1-3-5-7-9-10(15)13-11(16)12-9/h7,14H,1-6,8H2,(H2,12,13,15,16)/b9-7+. The number of nitrogens with one attached hydrogen (secondary N) is 2. The molecule has 1 aliphatic rings. The molecule has 1 fully saturated rings. The molecule has 1 aliphatic heterocycles. The van der Waals surface area contributed by atoms with Crippen LogP contribution in [0.15, 0.2) is 11.8 Å². The highest BCUT2D eigenvalue weighted by molar-refractivity contribution is 7.80. The molecule has 5 heteroatoms. The van der Waals surface area contributed by atoms with Crippen molar-refractivity contribution in [3.05, 3.63) is 11.8 Å². The van der Waals surface area contributed by atoms with Crippen LogP contribution in [0, 0.1) is 0 Å². The first-order chi connectivity index (χ1) is 7.74. The van der Waals surface area contributed by atoms with Crippen molar-refractivity contribution in [1.82, 2.24) is 10.6 Å². The first-order valence-corrected chi connectivity index (χ1v) is 6.08. The zero-order valence-electron chi connectivity index (χ0n) is 9.29. The van der Waals surface area contributed by atoms with Crippen molar-refractivity contribution in [2.45, 2.75) is 38.5 Å². The summed E-state index contributed by atoms with van der Waals surface area (Å²) in [5.41, 5.74) is 0.570. The van der Waals surface area contributed by atoms with Crippen LogP contribution in [-0.2, 0) is 4.79 Å². The number of thiocarbonyl (C=S) groups is 1. The van der Waals surface area contributed by atoms with Crippen LogP contribution in [0.4, 0.5) is 0 Å². The summed E-state index contributed by atoms with van der Waals surface area (Å²) in [6.07, 6.45) is 8.08. The van der Waals surface area contributed by atoms with Gasteiger partial charge in [-0.3, -0.25) is 10.1 Å². The fourth-order valence-corrected chi connectivity index (χ4v) is 1.76. The van der Waals surface area contributed by atoms with Gasteiger partial charge in [0.25, 0.3) is 5.91 Å². The second-order valence-corrected chi connectivity index (χ2v) is 4.21. The normalized spacial score (nSPS) is 17.7. The van der Waals surface area contributed by atoms with Gasteiger partial charge in [-0.05, 0) is 31.5 Å². The average molecular weight is 242 g/mol. The molecule has 1 saturated heterocycles. The average Bonchev–Trinajstić information content (AvgIpc) is 2.56. The lowest BCUT2D eigenvalue weighted by atomic mass is 10.1. The van der Waals surface area contributed by atoms with E-state index < -0.39 is 0 Å². The van der Waals surface area contributed by atoms with Gasteiger partial charge in [-0.1, -0.05) is 25.3 Å². The number of aliphatic hydroxyl groups is 1. The van der Waals surface area contributed by atoms with Crippen LogP contribution >= 0.6 is 12.2 Å². The lowest BCUT2D eigenvalue weighted by Gasteiger charge is -1.98. The summed E-state index contributed by atoms with van der Waals surface area (Å²) in [7, 11) is 0. The van der Waals surface area contributed by atoms with Crippen molar-refractivity contribution in [2.75, 3.05) is 6.61 Å². The van der Waals surface area contributed by atoms with Crippen LogP contribution in [-0.4, -0.2) is 22.7 Å². The lowest BCUT2D eigenvalue weighted by Crippen LogP contribution is -2.21. The van der Waals surface area contributed by atoms with Crippen molar-refractivity contribution in [3.63, 3.8) is 0 Å². The van der Waals surface area contributed by atoms with Crippen LogP contribution in [0.25, 0.3) is 0 Å². The highest BCUT2D eigenvalue weighted by atomic mass is 32.1. The molecule has 0 atom stereocenters. The predicted octanol–water partition coefficient (Wildman–Crippen LogP) is 1.21. The number of allylic oxidation sites excluding steroid dienone is 1. The Kier molecular flexibility index (Phi) is 6.03. The van der Waals surface area contributed by atoms with Gasteiger partial charge in [0.05, 0.1) is 0 Å². The number of rotatable bonds is 7. The van der Waals surface area contributed by atoms with E-state index in [-0.39, 0.29) is 12.5 Å². The first kappa shape index (κ1) is 13.1. The highest BCUT2D eigenvalue weighted by Gasteiger charge is 2.18. The van der Waals surface area contributed by atoms with E-state index in [0.717, 1.165) is 38.5 Å². The number of carbonyl (C=O) groups is 1. The quantitative estimate of drug-likeness (QED) is 0.357. The van der Waals surface area contributed by atoms with Gasteiger partial charge in [-0.15, -0.1) is 0 Å². The molecule has 3 N–H and O–H groups in total. The van der Waals surface area contributed by atoms with Gasteiger partial charge in [0.1, 0.15) is 5.70 Å². The molecular weight excluding hydrogens is 224 g/mol. The van der Waals surface area contributed by atoms with E-state index in [0.29, 0.717) is 10.8 Å². The second-order valence-electron chi connectivity index (χ2n) is 3.81. The molecule has 0 aromatic heterocycles. The van der Waals surface area contributed by atoms with Gasteiger partial charge in [-0.2, -0.15) is 0 Å². The maximum atomic E-state index is 11.2. The topological polar surface area (TPSA) is 61.4 Å². The van der Waals surface area contributed by atoms with Gasteiger partial charge in [0.15, 0.2) is 5.11 Å². The molecule has 0 radical (unpaired) electrons. The molecule has 4 nitrogen and oxygen atoms in total. The van der Waals surface area contributed by atoms with Crippen LogP contribution in [0.2, 0.25) is 0 Å². The fraction of sp³-hybridized carbons (Fsp3) is 0.636. The molecule has 1 heterocycles. The molecule has 0 aromatic carbocycles. The molecule has 1 rings (SSSR count). The smallest absolute Gasteiger partial charge is 0.273 e. The summed E-state index contributed by atoms with van der Waals surface area (Å²) < 4.78 is 0. The number of carbonyl (C=O) groups excluding carboxylic acids is 1. The molecule has 1 amide bonds. The number of hydrogen-bond acceptors (Lipinski definition) is 3. The Morgan fingerprint density at radius 1 is 1.12 bits per heavy atom. The zero-order chi connectivity index (χ0) is 11.8. The summed E-state index contributed by atoms with van der Waals surface area (Å²) in [5.74, 6) is -0.134. The fourth-order valence-electron chi connectivity index (χ4n) is 1.56. The largest absolute Gasteiger partial charge is 0.396 e. The van der Waals surface area contributed by atoms with Gasteiger partial charge < -0.3 is 10.4 Å². The molecule has 0 saturated carbocycles. The van der Waals surface area contributed by atoms with E-state index >= 15 is 0 Å². The third kappa shape index (κ3) is 4.72. The Balaban J connectivity index is 2.08. The second kappa shape index (κ2) is 7.35. The summed E-state index contributed by atoms with van der Waals surface area (Å²) in [5, 5.41) is 14.3. The number of unbranched alkanes of at least 4 members (excludes halogenated alkanes) is 5. The van der Waals surface area contributed by atoms with Gasteiger partial charge in [-0.25, -0.2) is 0 Å². The molecular formula is C11H18N2O2S. The van der Waals surface area contributed by atoms with E-state index in [4.69, 9.17) is 17.3 Å². The Bertz CT molecular complexity index is 290. The third-order valence-electron chi connectivity index (χ3n) is 2.43. The van der Waals surface area contributed by atoms with Crippen LogP contribution in [0.1, 0.15) is 38.5 Å². The summed E-state index contributed by atoms with van der Waals surface area (Å²) >= 11 is 4.82. The van der Waals surface area contributed by atoms with E-state index in [1.807, 2.05) is 6.08 Å². The van der Waals surface area contributed by atoms with E-state index in [1.54, 1.807) is 0 Å². The summed E-state index contributed by atoms with van der Waals surface area (Å²) in [6.45, 7) is 0.283. The Morgan fingerprint density at radius 3 is 2.44 bits per heavy atom. The molecule has 0 bridgehead atoms. The van der Waals surface area contributed by atoms with Gasteiger partial charge in [0.2, 0.25) is 0 Å². The van der Waals surface area contributed by atoms with Crippen molar-refractivity contribution in [2.24, 2.45) is 0 Å². The summed E-state index contributed by atoms with van der Waals surface area (Å²) in [4.78, 5) is 11.2. The molecule has 0 aromatic rings. The molecule has 0 spiro atoms. The van der Waals surface area contributed by atoms with Gasteiger partial charge in [0, 0.05) is 6.61 Å². The Hall–Kier alpha value is -0.940. The highest BCUT2D eigenvalue weighted by Crippen LogP contribution is 2.07. The third-order valence-corrected chi connectivity index (χ3v) is 2.63. The Labute approximate surface area is 101 Å². The molecule has 90 valence electrons. The molecule has 0 aliphatic carbocycles. The zero-order valence-corrected chi connectivity index (χ0v) is 10.1. The van der Waals surface area contributed by atoms with Gasteiger partial charge >= 0.3 is 0 Å². The van der Waals surface area contributed by atoms with Crippen LogP contribution in [0.5, 0.6) is 0 Å². The molecule has 16 heavy (non-hydrogen) atoms. The number of hydrogen-bond donors (Lipinski definition) is 3. The van der Waals surface area contributed by atoms with E-state index in [9.17, 15) is 4.79 Å². The van der Waals surface area contributed by atoms with Crippen molar-refractivity contribution >= 4 is 23.2 Å². The lowest BCUT2D eigenvalue weighted by molar-refractivity contribution is -0.115. The van der Waals surface area contributed by atoms with Crippen LogP contribution in [0.3, 0.4) is 0 Å². The SMILES string of the molecule is O=C1NC(=S)N/C1=C/CCCCCCCO. The maximum absolute atomic E-state index is 11.2. The van der Waals surface area contributed by atoms with Crippen molar-refractivity contribution < 1.29 is 9.90 Å². The maximum Gasteiger partial charge on any atom is 0.273 e. The minimum atomic E-state index is -0.134. The minimum Gasteiger partial charge on any atom is -0.396 e. The number of aliphatic hydroxyl groups excluding tert-OH is 1. The van der Waals surface area contributed by atoms with Crippen molar-refractivity contribution in [3.8, 4) is 0 Å². The van der Waals surface area contributed by atoms with E-state index in [1.165, 1.54) is 0 Å². The predicted molar refractivity (Wildman–Crippen MR) is 66.7 cm³/mol. The Morgan fingerprint density at radius 2 is 1.81 bits per heavy atom.